The third-order valence-corrected chi connectivity index (χ3v) is 9.15. The molecule has 8 heteroatoms. The summed E-state index contributed by atoms with van der Waals surface area (Å²) in [6.45, 7) is 11.1. The van der Waals surface area contributed by atoms with E-state index in [0.29, 0.717) is 58.2 Å². The van der Waals surface area contributed by atoms with Crippen molar-refractivity contribution in [1.29, 1.82) is 0 Å². The number of esters is 1. The van der Waals surface area contributed by atoms with Gasteiger partial charge in [0.2, 0.25) is 11.8 Å². The third-order valence-electron chi connectivity index (χ3n) is 9.15. The molecule has 3 aliphatic rings. The van der Waals surface area contributed by atoms with Crippen LogP contribution >= 0.6 is 0 Å². The fourth-order valence-electron chi connectivity index (χ4n) is 7.20. The maximum absolute atomic E-state index is 14.5. The number of unbranched alkanes of at least 4 members (excludes halogenated alkanes) is 4. The van der Waals surface area contributed by atoms with Gasteiger partial charge in [0.05, 0.1) is 18.1 Å². The normalized spacial score (nSPS) is 28.0. The molecule has 3 fully saturated rings. The fraction of sp³-hybridized carbons (Fsp3) is 0.606. The molecule has 224 valence electrons. The summed E-state index contributed by atoms with van der Waals surface area (Å²) >= 11 is 0. The monoisotopic (exact) mass is 566 g/mol. The lowest BCUT2D eigenvalue weighted by Crippen LogP contribution is -2.56. The molecule has 4 rings (SSSR count). The van der Waals surface area contributed by atoms with Gasteiger partial charge in [0.15, 0.2) is 0 Å². The van der Waals surface area contributed by atoms with Crippen molar-refractivity contribution in [3.8, 4) is 0 Å². The minimum absolute atomic E-state index is 0.133. The smallest absolute Gasteiger partial charge is 0.312 e. The summed E-state index contributed by atoms with van der Waals surface area (Å²) in [5.41, 5.74) is -0.903. The average Bonchev–Trinajstić information content (AvgIpc) is 3.59. The molecule has 3 aliphatic heterocycles. The number of nitrogens with zero attached hydrogens (tertiary/aromatic N) is 2. The van der Waals surface area contributed by atoms with Crippen LogP contribution in [0.4, 0.5) is 0 Å². The van der Waals surface area contributed by atoms with Crippen LogP contribution in [0.15, 0.2) is 55.6 Å². The zero-order valence-electron chi connectivity index (χ0n) is 24.5. The molecular weight excluding hydrogens is 520 g/mol. The van der Waals surface area contributed by atoms with Crippen LogP contribution in [0.1, 0.15) is 70.3 Å². The molecule has 8 nitrogen and oxygen atoms in total. The number of hydrogen-bond donors (Lipinski definition) is 1. The van der Waals surface area contributed by atoms with Crippen molar-refractivity contribution in [3.05, 3.63) is 61.2 Å². The molecule has 3 heterocycles. The van der Waals surface area contributed by atoms with Gasteiger partial charge in [-0.25, -0.2) is 0 Å². The van der Waals surface area contributed by atoms with E-state index in [9.17, 15) is 19.5 Å². The number of amides is 2. The molecule has 0 radical (unpaired) electrons. The molecule has 0 aromatic heterocycles. The van der Waals surface area contributed by atoms with E-state index in [1.165, 1.54) is 0 Å². The highest BCUT2D eigenvalue weighted by Gasteiger charge is 2.79. The first-order valence-corrected chi connectivity index (χ1v) is 15.2. The Labute approximate surface area is 244 Å². The number of allylic oxidation sites excluding steroid dienone is 1. The predicted octanol–water partition coefficient (Wildman–Crippen LogP) is 4.42. The van der Waals surface area contributed by atoms with Gasteiger partial charge >= 0.3 is 5.97 Å². The third kappa shape index (κ3) is 6.00. The number of likely N-dealkylation sites (tertiary alicyclic amines) is 1. The van der Waals surface area contributed by atoms with E-state index in [0.717, 1.165) is 24.8 Å². The van der Waals surface area contributed by atoms with Crippen molar-refractivity contribution < 1.29 is 29.0 Å². The second-order valence-corrected chi connectivity index (χ2v) is 11.6. The maximum Gasteiger partial charge on any atom is 0.312 e. The van der Waals surface area contributed by atoms with Crippen molar-refractivity contribution in [2.75, 3.05) is 26.3 Å². The van der Waals surface area contributed by atoms with Crippen molar-refractivity contribution in [1.82, 2.24) is 9.80 Å². The summed E-state index contributed by atoms with van der Waals surface area (Å²) < 4.78 is 12.6. The van der Waals surface area contributed by atoms with E-state index in [1.54, 1.807) is 22.0 Å². The van der Waals surface area contributed by atoms with Crippen LogP contribution in [0, 0.1) is 11.8 Å². The van der Waals surface area contributed by atoms with Gasteiger partial charge in [-0.05, 0) is 50.5 Å². The Kier molecular flexibility index (Phi) is 10.4. The predicted molar refractivity (Wildman–Crippen MR) is 157 cm³/mol. The lowest BCUT2D eigenvalue weighted by molar-refractivity contribution is -0.162. The van der Waals surface area contributed by atoms with Crippen molar-refractivity contribution >= 4 is 17.8 Å². The molecule has 2 amide bonds. The molecule has 1 spiro atoms. The Morgan fingerprint density at radius 2 is 1.88 bits per heavy atom. The van der Waals surface area contributed by atoms with E-state index >= 15 is 0 Å². The van der Waals surface area contributed by atoms with E-state index in [-0.39, 0.29) is 25.0 Å². The van der Waals surface area contributed by atoms with Crippen molar-refractivity contribution in [3.63, 3.8) is 0 Å². The molecule has 1 aromatic carbocycles. The Morgan fingerprint density at radius 3 is 2.56 bits per heavy atom. The Bertz CT molecular complexity index is 1090. The first kappa shape index (κ1) is 31.0. The summed E-state index contributed by atoms with van der Waals surface area (Å²) in [5, 5.41) is 9.18. The summed E-state index contributed by atoms with van der Waals surface area (Å²) in [7, 11) is 0. The van der Waals surface area contributed by atoms with Crippen LogP contribution in [0.5, 0.6) is 0 Å². The highest BCUT2D eigenvalue weighted by Crippen LogP contribution is 2.64. The van der Waals surface area contributed by atoms with E-state index in [4.69, 9.17) is 9.47 Å². The van der Waals surface area contributed by atoms with Crippen LogP contribution in [0.25, 0.3) is 0 Å². The van der Waals surface area contributed by atoms with E-state index in [2.05, 4.69) is 13.2 Å². The molecule has 2 unspecified atom stereocenters. The molecule has 41 heavy (non-hydrogen) atoms. The van der Waals surface area contributed by atoms with Crippen LogP contribution in [-0.2, 0) is 30.4 Å². The first-order valence-electron chi connectivity index (χ1n) is 15.2. The van der Waals surface area contributed by atoms with Gasteiger partial charge < -0.3 is 24.4 Å². The van der Waals surface area contributed by atoms with Crippen molar-refractivity contribution in [2.45, 2.75) is 88.5 Å². The lowest BCUT2D eigenvalue weighted by atomic mass is 9.65. The topological polar surface area (TPSA) is 96.4 Å². The summed E-state index contributed by atoms with van der Waals surface area (Å²) in [4.78, 5) is 45.8. The zero-order valence-corrected chi connectivity index (χ0v) is 24.5. The van der Waals surface area contributed by atoms with E-state index in [1.807, 2.05) is 37.3 Å². The van der Waals surface area contributed by atoms with Gasteiger partial charge in [0.1, 0.15) is 17.6 Å². The second kappa shape index (κ2) is 13.8. The van der Waals surface area contributed by atoms with Gasteiger partial charge in [-0.15, -0.1) is 13.2 Å². The highest BCUT2D eigenvalue weighted by molar-refractivity contribution is 5.98. The van der Waals surface area contributed by atoms with Gasteiger partial charge in [0, 0.05) is 26.2 Å². The Hall–Kier alpha value is -2.97. The number of carbonyl (C=O) groups is 3. The van der Waals surface area contributed by atoms with Gasteiger partial charge in [-0.1, -0.05) is 62.2 Å². The summed E-state index contributed by atoms with van der Waals surface area (Å²) in [6, 6.07) is 8.95. The highest BCUT2D eigenvalue weighted by atomic mass is 16.6. The number of aliphatic hydroxyl groups excluding tert-OH is 1. The first-order chi connectivity index (χ1) is 19.9. The largest absolute Gasteiger partial charge is 0.465 e. The molecule has 0 aliphatic carbocycles. The minimum atomic E-state index is -1.07. The second-order valence-electron chi connectivity index (χ2n) is 11.6. The van der Waals surface area contributed by atoms with Gasteiger partial charge in [-0.3, -0.25) is 14.4 Å². The standard InChI is InChI=1S/C33H46N2O6/c1-4-7-15-23-40-31(39)27-26-29(37)35(21-13-8-9-14-22-36)28(33(26)19-18-32(27,6-3)41-33)30(38)34(20-5-2)24-25-16-11-10-12-17-25/h4-5,10-12,16-17,26-28,36H,1-2,6-9,13-15,18-24H2,3H3/t26-,27-,28?,32+,33?/m0/s1. The quantitative estimate of drug-likeness (QED) is 0.170. The Morgan fingerprint density at radius 1 is 1.12 bits per heavy atom. The number of fused-ring (bicyclic) bond motifs is 1. The zero-order chi connectivity index (χ0) is 29.5. The van der Waals surface area contributed by atoms with Crippen LogP contribution in [0.3, 0.4) is 0 Å². The van der Waals surface area contributed by atoms with E-state index < -0.39 is 35.0 Å². The van der Waals surface area contributed by atoms with Crippen LogP contribution in [0.2, 0.25) is 0 Å². The average molecular weight is 567 g/mol. The molecule has 0 saturated carbocycles. The molecule has 1 N–H and O–H groups in total. The maximum atomic E-state index is 14.5. The minimum Gasteiger partial charge on any atom is -0.465 e. The van der Waals surface area contributed by atoms with Gasteiger partial charge in [-0.2, -0.15) is 0 Å². The summed E-state index contributed by atoms with van der Waals surface area (Å²) in [6.07, 6.45) is 9.69. The van der Waals surface area contributed by atoms with Crippen LogP contribution < -0.4 is 0 Å². The van der Waals surface area contributed by atoms with Gasteiger partial charge in [0.25, 0.3) is 0 Å². The number of benzene rings is 1. The number of carbonyl (C=O) groups excluding carboxylic acids is 3. The Balaban J connectivity index is 1.67. The lowest BCUT2D eigenvalue weighted by Gasteiger charge is -2.37. The fourth-order valence-corrected chi connectivity index (χ4v) is 7.20. The summed E-state index contributed by atoms with van der Waals surface area (Å²) in [5.74, 6) is -2.26. The number of ether oxygens (including phenoxy) is 2. The number of aliphatic hydroxyl groups is 1. The SMILES string of the molecule is C=CCCCOC(=O)[C@@H]1[C@H]2C(=O)N(CCCCCCO)C(C(=O)N(CC=C)Cc3ccccc3)C23CC[C@@]1(CC)O3. The number of rotatable bonds is 17. The molecular formula is C33H46N2O6. The number of hydrogen-bond acceptors (Lipinski definition) is 6. The molecule has 3 saturated heterocycles. The molecule has 5 atom stereocenters. The molecule has 1 aromatic rings. The van der Waals surface area contributed by atoms with Crippen LogP contribution in [-0.4, -0.2) is 76.2 Å². The van der Waals surface area contributed by atoms with Crippen molar-refractivity contribution in [2.24, 2.45) is 11.8 Å². The molecule has 2 bridgehead atoms.